The smallest absolute Gasteiger partial charge is 0.264 e. The largest absolute Gasteiger partial charge is 0.493 e. The van der Waals surface area contributed by atoms with Gasteiger partial charge in [-0.2, -0.15) is 0 Å². The van der Waals surface area contributed by atoms with Gasteiger partial charge in [0.2, 0.25) is 11.8 Å². The van der Waals surface area contributed by atoms with Gasteiger partial charge in [-0.15, -0.1) is 0 Å². The van der Waals surface area contributed by atoms with Crippen molar-refractivity contribution >= 4 is 43.5 Å². The van der Waals surface area contributed by atoms with Crippen LogP contribution in [0.3, 0.4) is 0 Å². The van der Waals surface area contributed by atoms with Crippen molar-refractivity contribution in [2.45, 2.75) is 44.3 Å². The highest BCUT2D eigenvalue weighted by molar-refractivity contribution is 9.10. The van der Waals surface area contributed by atoms with E-state index < -0.39 is 28.5 Å². The Hall–Kier alpha value is -3.57. The van der Waals surface area contributed by atoms with E-state index in [-0.39, 0.29) is 29.1 Å². The number of benzene rings is 3. The molecule has 0 aliphatic rings. The van der Waals surface area contributed by atoms with Gasteiger partial charge < -0.3 is 19.7 Å². The van der Waals surface area contributed by atoms with E-state index in [0.29, 0.717) is 11.5 Å². The highest BCUT2D eigenvalue weighted by Crippen LogP contribution is 2.34. The molecular formula is C29H34BrN3O6S. The Morgan fingerprint density at radius 1 is 0.900 bits per heavy atom. The van der Waals surface area contributed by atoms with Crippen LogP contribution in [0.5, 0.6) is 11.5 Å². The van der Waals surface area contributed by atoms with Crippen molar-refractivity contribution in [1.29, 1.82) is 0 Å². The van der Waals surface area contributed by atoms with Gasteiger partial charge in [-0.05, 0) is 62.7 Å². The molecule has 214 valence electrons. The molecule has 40 heavy (non-hydrogen) atoms. The third kappa shape index (κ3) is 7.54. The van der Waals surface area contributed by atoms with Crippen LogP contribution < -0.4 is 19.1 Å². The molecule has 0 fully saturated rings. The zero-order valence-corrected chi connectivity index (χ0v) is 25.5. The number of hydrogen-bond donors (Lipinski definition) is 1. The molecule has 0 radical (unpaired) electrons. The Bertz CT molecular complexity index is 1430. The van der Waals surface area contributed by atoms with Gasteiger partial charge in [0, 0.05) is 23.1 Å². The standard InChI is InChI=1S/C29H34BrN3O6S/c1-20(2)31-29(35)21(3)32(18-22-10-9-11-23(30)16-22)28(34)19-33(40(36,37)25-12-7-6-8-13-25)24-14-15-26(38-4)27(17-24)39-5/h6-17,20-21H,18-19H2,1-5H3,(H,31,35)/t21-/m0/s1. The summed E-state index contributed by atoms with van der Waals surface area (Å²) in [5, 5.41) is 2.84. The fourth-order valence-corrected chi connectivity index (χ4v) is 5.92. The van der Waals surface area contributed by atoms with Gasteiger partial charge in [-0.1, -0.05) is 46.3 Å². The zero-order chi connectivity index (χ0) is 29.4. The fraction of sp³-hybridized carbons (Fsp3) is 0.310. The molecule has 0 aromatic heterocycles. The average Bonchev–Trinajstić information content (AvgIpc) is 2.93. The Morgan fingerprint density at radius 3 is 2.17 bits per heavy atom. The van der Waals surface area contributed by atoms with Crippen molar-refractivity contribution in [3.05, 3.63) is 82.8 Å². The van der Waals surface area contributed by atoms with Crippen molar-refractivity contribution in [3.63, 3.8) is 0 Å². The zero-order valence-electron chi connectivity index (χ0n) is 23.1. The summed E-state index contributed by atoms with van der Waals surface area (Å²) in [6, 6.07) is 18.8. The maximum atomic E-state index is 14.0. The van der Waals surface area contributed by atoms with Crippen molar-refractivity contribution in [2.24, 2.45) is 0 Å². The van der Waals surface area contributed by atoms with Gasteiger partial charge in [-0.25, -0.2) is 8.42 Å². The number of amides is 2. The maximum Gasteiger partial charge on any atom is 0.264 e. The Morgan fingerprint density at radius 2 is 1.57 bits per heavy atom. The number of carbonyl (C=O) groups is 2. The third-order valence-corrected chi connectivity index (χ3v) is 8.39. The van der Waals surface area contributed by atoms with Crippen molar-refractivity contribution in [2.75, 3.05) is 25.1 Å². The van der Waals surface area contributed by atoms with Crippen molar-refractivity contribution in [1.82, 2.24) is 10.2 Å². The summed E-state index contributed by atoms with van der Waals surface area (Å²) in [5.74, 6) is -0.191. The molecule has 0 bridgehead atoms. The van der Waals surface area contributed by atoms with Gasteiger partial charge in [0.05, 0.1) is 24.8 Å². The number of nitrogens with one attached hydrogen (secondary N) is 1. The predicted molar refractivity (Wildman–Crippen MR) is 158 cm³/mol. The molecule has 2 amide bonds. The molecule has 11 heteroatoms. The first-order chi connectivity index (χ1) is 19.0. The van der Waals surface area contributed by atoms with E-state index in [9.17, 15) is 18.0 Å². The number of carbonyl (C=O) groups excluding carboxylic acids is 2. The second kappa shape index (κ2) is 13.7. The quantitative estimate of drug-likeness (QED) is 0.313. The summed E-state index contributed by atoms with van der Waals surface area (Å²) < 4.78 is 40.3. The van der Waals surface area contributed by atoms with Crippen molar-refractivity contribution in [3.8, 4) is 11.5 Å². The van der Waals surface area contributed by atoms with E-state index in [2.05, 4.69) is 21.2 Å². The van der Waals surface area contributed by atoms with E-state index in [1.807, 2.05) is 38.1 Å². The molecule has 9 nitrogen and oxygen atoms in total. The lowest BCUT2D eigenvalue weighted by Crippen LogP contribution is -2.52. The van der Waals surface area contributed by atoms with E-state index in [1.165, 1.54) is 37.3 Å². The van der Waals surface area contributed by atoms with Crippen LogP contribution in [0, 0.1) is 0 Å². The topological polar surface area (TPSA) is 105 Å². The minimum Gasteiger partial charge on any atom is -0.493 e. The number of halogens is 1. The molecule has 0 aliphatic heterocycles. The summed E-state index contributed by atoms with van der Waals surface area (Å²) in [4.78, 5) is 28.4. The summed E-state index contributed by atoms with van der Waals surface area (Å²) >= 11 is 3.44. The van der Waals surface area contributed by atoms with Gasteiger partial charge >= 0.3 is 0 Å². The normalized spacial score (nSPS) is 12.0. The highest BCUT2D eigenvalue weighted by Gasteiger charge is 2.33. The first-order valence-corrected chi connectivity index (χ1v) is 14.8. The molecule has 0 heterocycles. The molecule has 0 unspecified atom stereocenters. The molecule has 0 aliphatic carbocycles. The second-order valence-corrected chi connectivity index (χ2v) is 12.1. The number of hydrogen-bond acceptors (Lipinski definition) is 6. The fourth-order valence-electron chi connectivity index (χ4n) is 4.05. The Kier molecular flexibility index (Phi) is 10.6. The minimum atomic E-state index is -4.19. The minimum absolute atomic E-state index is 0.0155. The number of sulfonamides is 1. The van der Waals surface area contributed by atoms with E-state index in [1.54, 1.807) is 37.3 Å². The monoisotopic (exact) mass is 631 g/mol. The third-order valence-electron chi connectivity index (χ3n) is 6.11. The molecule has 0 spiro atoms. The van der Waals surface area contributed by atoms with Crippen molar-refractivity contribution < 1.29 is 27.5 Å². The van der Waals surface area contributed by atoms with Crippen LogP contribution in [-0.4, -0.2) is 58.0 Å². The van der Waals surface area contributed by atoms with E-state index in [4.69, 9.17) is 9.47 Å². The van der Waals surface area contributed by atoms with Gasteiger partial charge in [0.1, 0.15) is 12.6 Å². The first kappa shape index (κ1) is 31.0. The Balaban J connectivity index is 2.08. The lowest BCUT2D eigenvalue weighted by molar-refractivity contribution is -0.139. The SMILES string of the molecule is COc1ccc(N(CC(=O)N(Cc2cccc(Br)c2)[C@@H](C)C(=O)NC(C)C)S(=O)(=O)c2ccccc2)cc1OC. The lowest BCUT2D eigenvalue weighted by atomic mass is 10.1. The average molecular weight is 633 g/mol. The van der Waals surface area contributed by atoms with Crippen LogP contribution in [0.4, 0.5) is 5.69 Å². The molecular weight excluding hydrogens is 598 g/mol. The predicted octanol–water partition coefficient (Wildman–Crippen LogP) is 4.60. The second-order valence-electron chi connectivity index (χ2n) is 9.35. The summed E-state index contributed by atoms with van der Waals surface area (Å²) in [6.45, 7) is 4.82. The number of methoxy groups -OCH3 is 2. The molecule has 1 N–H and O–H groups in total. The van der Waals surface area contributed by atoms with E-state index in [0.717, 1.165) is 14.3 Å². The Labute approximate surface area is 244 Å². The summed E-state index contributed by atoms with van der Waals surface area (Å²) in [6.07, 6.45) is 0. The van der Waals surface area contributed by atoms with Gasteiger partial charge in [0.15, 0.2) is 11.5 Å². The van der Waals surface area contributed by atoms with Crippen LogP contribution in [0.1, 0.15) is 26.3 Å². The number of nitrogens with zero attached hydrogens (tertiary/aromatic N) is 2. The molecule has 1 atom stereocenters. The molecule has 0 saturated heterocycles. The molecule has 3 rings (SSSR count). The van der Waals surface area contributed by atoms with Crippen LogP contribution in [0.2, 0.25) is 0 Å². The van der Waals surface area contributed by atoms with Gasteiger partial charge in [0.25, 0.3) is 10.0 Å². The summed E-state index contributed by atoms with van der Waals surface area (Å²) in [5.41, 5.74) is 0.979. The highest BCUT2D eigenvalue weighted by atomic mass is 79.9. The lowest BCUT2D eigenvalue weighted by Gasteiger charge is -2.32. The molecule has 3 aromatic carbocycles. The number of ether oxygens (including phenoxy) is 2. The number of anilines is 1. The van der Waals surface area contributed by atoms with Gasteiger partial charge in [-0.3, -0.25) is 13.9 Å². The van der Waals surface area contributed by atoms with Crippen LogP contribution in [0.15, 0.2) is 82.2 Å². The van der Waals surface area contributed by atoms with E-state index >= 15 is 0 Å². The van der Waals surface area contributed by atoms with Crippen LogP contribution >= 0.6 is 15.9 Å². The summed E-state index contributed by atoms with van der Waals surface area (Å²) in [7, 11) is -1.27. The molecule has 0 saturated carbocycles. The first-order valence-electron chi connectivity index (χ1n) is 12.6. The van der Waals surface area contributed by atoms with Crippen LogP contribution in [-0.2, 0) is 26.2 Å². The maximum absolute atomic E-state index is 14.0. The number of rotatable bonds is 12. The molecule has 3 aromatic rings. The van der Waals surface area contributed by atoms with Crippen LogP contribution in [0.25, 0.3) is 0 Å².